The Bertz CT molecular complexity index is 1190. The van der Waals surface area contributed by atoms with Gasteiger partial charge in [-0.3, -0.25) is 14.4 Å². The fraction of sp³-hybridized carbons (Fsp3) is 0.292. The molecule has 1 aliphatic carbocycles. The molecule has 2 aromatic carbocycles. The largest absolute Gasteiger partial charge is 0.311 e. The molecule has 5 heteroatoms. The quantitative estimate of drug-likeness (QED) is 0.610. The van der Waals surface area contributed by atoms with Gasteiger partial charge in [0.25, 0.3) is 11.5 Å². The van der Waals surface area contributed by atoms with Gasteiger partial charge < -0.3 is 9.47 Å². The van der Waals surface area contributed by atoms with Crippen LogP contribution in [0.3, 0.4) is 0 Å². The maximum Gasteiger partial charge on any atom is 0.258 e. The first-order valence-electron chi connectivity index (χ1n) is 9.98. The number of pyridine rings is 1. The molecule has 0 radical (unpaired) electrons. The number of hydrogen-bond acceptors (Lipinski definition) is 3. The second-order valence-corrected chi connectivity index (χ2v) is 7.63. The van der Waals surface area contributed by atoms with Gasteiger partial charge in [0.05, 0.1) is 11.2 Å². The number of ketones is 1. The molecule has 148 valence electrons. The summed E-state index contributed by atoms with van der Waals surface area (Å²) in [5.41, 5.74) is 3.56. The molecule has 1 amide bonds. The normalized spacial score (nSPS) is 13.5. The molecule has 29 heavy (non-hydrogen) atoms. The van der Waals surface area contributed by atoms with Crippen molar-refractivity contribution in [1.82, 2.24) is 4.57 Å². The van der Waals surface area contributed by atoms with E-state index in [1.165, 1.54) is 11.8 Å². The highest BCUT2D eigenvalue weighted by Gasteiger charge is 2.27. The molecule has 0 unspecified atom stereocenters. The highest BCUT2D eigenvalue weighted by Crippen LogP contribution is 2.42. The number of nitrogens with zero attached hydrogens (tertiary/aromatic N) is 2. The minimum Gasteiger partial charge on any atom is -0.311 e. The summed E-state index contributed by atoms with van der Waals surface area (Å²) in [6.07, 6.45) is 2.16. The summed E-state index contributed by atoms with van der Waals surface area (Å²) in [5.74, 6) is 0.136. The molecule has 1 fully saturated rings. The number of Topliss-reactive ketones (excluding diaryl/α,β-unsaturated/α-hetero) is 1. The van der Waals surface area contributed by atoms with Crippen molar-refractivity contribution >= 4 is 28.3 Å². The van der Waals surface area contributed by atoms with Crippen LogP contribution in [-0.2, 0) is 6.54 Å². The van der Waals surface area contributed by atoms with E-state index in [2.05, 4.69) is 0 Å². The van der Waals surface area contributed by atoms with E-state index in [1.54, 1.807) is 41.9 Å². The smallest absolute Gasteiger partial charge is 0.258 e. The van der Waals surface area contributed by atoms with Gasteiger partial charge in [-0.05, 0) is 68.5 Å². The molecule has 0 N–H and O–H groups in total. The van der Waals surface area contributed by atoms with Crippen LogP contribution in [0.25, 0.3) is 10.9 Å². The van der Waals surface area contributed by atoms with Gasteiger partial charge in [-0.25, -0.2) is 0 Å². The van der Waals surface area contributed by atoms with Crippen molar-refractivity contribution in [2.24, 2.45) is 0 Å². The monoisotopic (exact) mass is 388 g/mol. The summed E-state index contributed by atoms with van der Waals surface area (Å²) in [4.78, 5) is 39.2. The Kier molecular flexibility index (Phi) is 4.82. The van der Waals surface area contributed by atoms with Gasteiger partial charge in [0.1, 0.15) is 0 Å². The second-order valence-electron chi connectivity index (χ2n) is 7.63. The molecule has 0 bridgehead atoms. The third-order valence-electron chi connectivity index (χ3n) is 5.67. The predicted octanol–water partition coefficient (Wildman–Crippen LogP) is 4.38. The van der Waals surface area contributed by atoms with Crippen LogP contribution in [0.15, 0.2) is 53.3 Å². The predicted molar refractivity (Wildman–Crippen MR) is 115 cm³/mol. The Hall–Kier alpha value is -3.21. The summed E-state index contributed by atoms with van der Waals surface area (Å²) < 4.78 is 1.74. The number of aryl methyl sites for hydroxylation is 1. The Labute approximate surface area is 169 Å². The molecular formula is C24H24N2O3. The van der Waals surface area contributed by atoms with Crippen molar-refractivity contribution in [1.29, 1.82) is 0 Å². The van der Waals surface area contributed by atoms with E-state index in [9.17, 15) is 14.4 Å². The summed E-state index contributed by atoms with van der Waals surface area (Å²) in [6.45, 7) is 4.03. The minimum absolute atomic E-state index is 0.00785. The lowest BCUT2D eigenvalue weighted by atomic mass is 10.0. The molecule has 1 saturated carbocycles. The lowest BCUT2D eigenvalue weighted by molar-refractivity contribution is 0.0993. The number of fused-ring (bicyclic) bond motifs is 1. The van der Waals surface area contributed by atoms with Gasteiger partial charge in [0, 0.05) is 36.2 Å². The Morgan fingerprint density at radius 2 is 1.83 bits per heavy atom. The standard InChI is InChI=1S/C24H24N2O3/c1-4-26-22-12-11-17(13-20(22)19(14-23(26)28)16-9-10-16)24(29)25(3)21-8-6-5-7-18(21)15(2)27/h5-8,11-14,16H,4,9-10H2,1-3H3. The molecule has 0 saturated heterocycles. The van der Waals surface area contributed by atoms with E-state index in [0.717, 1.165) is 29.3 Å². The molecule has 4 rings (SSSR count). The summed E-state index contributed by atoms with van der Waals surface area (Å²) in [7, 11) is 1.68. The zero-order valence-electron chi connectivity index (χ0n) is 16.9. The Morgan fingerprint density at radius 1 is 1.10 bits per heavy atom. The zero-order valence-corrected chi connectivity index (χ0v) is 16.9. The van der Waals surface area contributed by atoms with Crippen LogP contribution in [0.1, 0.15) is 58.9 Å². The Balaban J connectivity index is 1.81. The fourth-order valence-corrected chi connectivity index (χ4v) is 3.97. The summed E-state index contributed by atoms with van der Waals surface area (Å²) >= 11 is 0. The van der Waals surface area contributed by atoms with Crippen LogP contribution < -0.4 is 10.5 Å². The van der Waals surface area contributed by atoms with Gasteiger partial charge in [-0.15, -0.1) is 0 Å². The average molecular weight is 388 g/mol. The lowest BCUT2D eigenvalue weighted by Crippen LogP contribution is -2.28. The van der Waals surface area contributed by atoms with Crippen molar-refractivity contribution in [2.45, 2.75) is 39.2 Å². The minimum atomic E-state index is -0.184. The van der Waals surface area contributed by atoms with Crippen LogP contribution in [0.2, 0.25) is 0 Å². The number of hydrogen-bond donors (Lipinski definition) is 0. The average Bonchev–Trinajstić information content (AvgIpc) is 3.57. The van der Waals surface area contributed by atoms with Crippen molar-refractivity contribution < 1.29 is 9.59 Å². The van der Waals surface area contributed by atoms with Gasteiger partial charge in [-0.1, -0.05) is 12.1 Å². The highest BCUT2D eigenvalue weighted by molar-refractivity contribution is 6.11. The maximum absolute atomic E-state index is 13.2. The number of carbonyl (C=O) groups excluding carboxylic acids is 2. The topological polar surface area (TPSA) is 59.4 Å². The molecule has 5 nitrogen and oxygen atoms in total. The lowest BCUT2D eigenvalue weighted by Gasteiger charge is -2.20. The van der Waals surface area contributed by atoms with Crippen LogP contribution in [-0.4, -0.2) is 23.3 Å². The van der Waals surface area contributed by atoms with E-state index in [-0.39, 0.29) is 17.2 Å². The van der Waals surface area contributed by atoms with Crippen molar-refractivity contribution in [3.63, 3.8) is 0 Å². The van der Waals surface area contributed by atoms with Crippen molar-refractivity contribution in [3.8, 4) is 0 Å². The first kappa shape index (κ1) is 19.1. The van der Waals surface area contributed by atoms with Crippen molar-refractivity contribution in [3.05, 3.63) is 75.6 Å². The first-order valence-corrected chi connectivity index (χ1v) is 9.98. The molecule has 0 spiro atoms. The van der Waals surface area contributed by atoms with E-state index in [1.807, 2.05) is 25.1 Å². The first-order chi connectivity index (χ1) is 13.9. The third kappa shape index (κ3) is 3.37. The molecule has 1 aromatic heterocycles. The second kappa shape index (κ2) is 7.32. The molecular weight excluding hydrogens is 364 g/mol. The number of rotatable bonds is 5. The zero-order chi connectivity index (χ0) is 20.7. The number of para-hydroxylation sites is 1. The number of benzene rings is 2. The van der Waals surface area contributed by atoms with Crippen LogP contribution >= 0.6 is 0 Å². The highest BCUT2D eigenvalue weighted by atomic mass is 16.2. The number of amides is 1. The van der Waals surface area contributed by atoms with Crippen LogP contribution in [0.5, 0.6) is 0 Å². The Morgan fingerprint density at radius 3 is 2.48 bits per heavy atom. The number of carbonyl (C=O) groups is 2. The van der Waals surface area contributed by atoms with Gasteiger partial charge in [0.15, 0.2) is 5.78 Å². The number of aromatic nitrogens is 1. The van der Waals surface area contributed by atoms with E-state index < -0.39 is 0 Å². The maximum atomic E-state index is 13.2. The van der Waals surface area contributed by atoms with E-state index in [4.69, 9.17) is 0 Å². The van der Waals surface area contributed by atoms with Gasteiger partial charge >= 0.3 is 0 Å². The molecule has 1 aliphatic rings. The molecule has 0 aliphatic heterocycles. The van der Waals surface area contributed by atoms with Crippen LogP contribution in [0.4, 0.5) is 5.69 Å². The molecule has 3 aromatic rings. The van der Waals surface area contributed by atoms with E-state index in [0.29, 0.717) is 29.3 Å². The summed E-state index contributed by atoms with van der Waals surface area (Å²) in [5, 5.41) is 0.966. The fourth-order valence-electron chi connectivity index (χ4n) is 3.97. The van der Waals surface area contributed by atoms with Crippen molar-refractivity contribution in [2.75, 3.05) is 11.9 Å². The summed E-state index contributed by atoms with van der Waals surface area (Å²) in [6, 6.07) is 14.4. The van der Waals surface area contributed by atoms with E-state index >= 15 is 0 Å². The molecule has 1 heterocycles. The van der Waals surface area contributed by atoms with Crippen LogP contribution in [0, 0.1) is 0 Å². The molecule has 0 atom stereocenters. The van der Waals surface area contributed by atoms with Gasteiger partial charge in [-0.2, -0.15) is 0 Å². The number of anilines is 1. The third-order valence-corrected chi connectivity index (χ3v) is 5.67. The van der Waals surface area contributed by atoms with Gasteiger partial charge in [0.2, 0.25) is 0 Å². The SMILES string of the molecule is CCn1c(=O)cc(C2CC2)c2cc(C(=O)N(C)c3ccccc3C(C)=O)ccc21.